The third kappa shape index (κ3) is 11.6. The third-order valence-electron chi connectivity index (χ3n) is 18.0. The molecule has 11 aromatic rings. The molecule has 3 aliphatic rings. The van der Waals surface area contributed by atoms with E-state index in [9.17, 15) is 15.8 Å². The average Bonchev–Trinajstić information content (AvgIpc) is 1.68. The minimum atomic E-state index is -0.243. The number of hydrogen-bond donors (Lipinski definition) is 1. The van der Waals surface area contributed by atoms with Gasteiger partial charge >= 0.3 is 0 Å². The highest BCUT2D eigenvalue weighted by atomic mass is 35.5. The van der Waals surface area contributed by atoms with Crippen LogP contribution in [0.1, 0.15) is 68.1 Å². The number of fused-ring (bicyclic) bond motifs is 9. The van der Waals surface area contributed by atoms with Crippen molar-refractivity contribution < 1.29 is 14.2 Å². The zero-order valence-electron chi connectivity index (χ0n) is 50.2. The summed E-state index contributed by atoms with van der Waals surface area (Å²) in [5, 5.41) is 37.2. The number of nitrogens with one attached hydrogen (secondary N) is 1. The maximum absolute atomic E-state index is 10.8. The van der Waals surface area contributed by atoms with Gasteiger partial charge in [0.05, 0.1) is 64.6 Å². The molecule has 0 amide bonds. The largest absolute Gasteiger partial charge is 0.487 e. The molecule has 0 saturated carbocycles. The van der Waals surface area contributed by atoms with Crippen molar-refractivity contribution in [1.82, 2.24) is 58.7 Å². The predicted molar refractivity (Wildman–Crippen MR) is 356 cm³/mol. The Morgan fingerprint density at radius 2 is 1.09 bits per heavy atom. The standard InChI is InChI=1S/C71H63Cl2N15O3/c1-3-84-23-16-51(17-24-84)90-68-59(35-76)79-41-62-65(68)56-32-48(45-12-7-4-8-13-45)38-82-71(56)88(62)43-86-27-20-53(21-28-86)91-67-58(34-75)78-40-61-64(67)55-30-47(44(2)11-6-5-9-22-72)36-81-70(55)87(61)42-85-25-18-52(19-26-85)89-66-57(33-74)77-39-60-63(66)54-31-49(37-80-69(54)83-60)46-14-10-15-50(73)29-46/h4-15,29-32,36-41,51-53H,2-3,16-28,42-43H2,1H3,(H,80,83)/b9-5-,11-6-. The number of nitrogens with zero attached hydrogens (tertiary/aromatic N) is 14. The second kappa shape index (κ2) is 25.6. The number of aromatic nitrogens is 9. The molecule has 12 heterocycles. The first-order chi connectivity index (χ1) is 44.7. The maximum atomic E-state index is 10.8. The van der Waals surface area contributed by atoms with Gasteiger partial charge in [0, 0.05) is 102 Å². The number of benzene rings is 2. The third-order valence-corrected chi connectivity index (χ3v) is 18.4. The first kappa shape index (κ1) is 58.9. The Kier molecular flexibility index (Phi) is 16.6. The number of nitriles is 3. The Balaban J connectivity index is 0.739. The molecular weight excluding hydrogens is 1180 g/mol. The number of allylic oxidation sites excluding steroid dienone is 5. The molecule has 1 N–H and O–H groups in total. The summed E-state index contributed by atoms with van der Waals surface area (Å²) in [4.78, 5) is 39.6. The molecule has 3 fully saturated rings. The van der Waals surface area contributed by atoms with Crippen LogP contribution in [0.15, 0.2) is 141 Å². The van der Waals surface area contributed by atoms with Gasteiger partial charge in [0.25, 0.3) is 0 Å². The number of halogens is 2. The van der Waals surface area contributed by atoms with Crippen LogP contribution >= 0.6 is 23.2 Å². The van der Waals surface area contributed by atoms with Crippen LogP contribution in [0.4, 0.5) is 0 Å². The average molecular weight is 1250 g/mol. The fourth-order valence-electron chi connectivity index (χ4n) is 13.2. The summed E-state index contributed by atoms with van der Waals surface area (Å²) in [5.74, 6) is 1.77. The van der Waals surface area contributed by atoms with E-state index in [0.717, 1.165) is 126 Å². The number of ether oxygens (including phenoxy) is 3. The van der Waals surface area contributed by atoms with E-state index in [0.29, 0.717) is 99.0 Å². The number of pyridine rings is 6. The maximum Gasteiger partial charge on any atom is 0.183 e. The van der Waals surface area contributed by atoms with Gasteiger partial charge in [0.1, 0.15) is 53.5 Å². The van der Waals surface area contributed by atoms with Crippen molar-refractivity contribution in [3.8, 4) is 57.7 Å². The fraction of sp³-hybridized carbons (Fsp3) is 0.282. The summed E-state index contributed by atoms with van der Waals surface area (Å²) in [7, 11) is 0. The lowest BCUT2D eigenvalue weighted by Crippen LogP contribution is -2.39. The molecule has 0 atom stereocenters. The van der Waals surface area contributed by atoms with Crippen LogP contribution in [-0.4, -0.2) is 129 Å². The predicted octanol–water partition coefficient (Wildman–Crippen LogP) is 13.7. The van der Waals surface area contributed by atoms with Crippen molar-refractivity contribution in [3.63, 3.8) is 0 Å². The van der Waals surface area contributed by atoms with Gasteiger partial charge in [-0.25, -0.2) is 29.9 Å². The van der Waals surface area contributed by atoms with Crippen molar-refractivity contribution in [2.45, 2.75) is 77.1 Å². The number of piperidine rings is 3. The Hall–Kier alpha value is -9.71. The van der Waals surface area contributed by atoms with Crippen LogP contribution in [0.2, 0.25) is 5.02 Å². The monoisotopic (exact) mass is 1240 g/mol. The van der Waals surface area contributed by atoms with Gasteiger partial charge in [-0.1, -0.05) is 91.9 Å². The Morgan fingerprint density at radius 1 is 0.571 bits per heavy atom. The Morgan fingerprint density at radius 3 is 1.66 bits per heavy atom. The first-order valence-electron chi connectivity index (χ1n) is 30.9. The molecule has 0 radical (unpaired) electrons. The number of aromatic amines is 1. The van der Waals surface area contributed by atoms with Crippen molar-refractivity contribution in [2.75, 3.05) is 51.7 Å². The van der Waals surface area contributed by atoms with Crippen LogP contribution in [0.3, 0.4) is 0 Å². The van der Waals surface area contributed by atoms with E-state index < -0.39 is 0 Å². The second-order valence-corrected chi connectivity index (χ2v) is 24.2. The van der Waals surface area contributed by atoms with Gasteiger partial charge < -0.3 is 33.2 Å². The highest BCUT2D eigenvalue weighted by Crippen LogP contribution is 2.43. The highest BCUT2D eigenvalue weighted by Gasteiger charge is 2.32. The van der Waals surface area contributed by atoms with Gasteiger partial charge in [-0.05, 0) is 92.1 Å². The molecule has 0 spiro atoms. The molecule has 3 aliphatic heterocycles. The number of rotatable bonds is 17. The lowest BCUT2D eigenvalue weighted by Gasteiger charge is -2.33. The van der Waals surface area contributed by atoms with Crippen LogP contribution in [0.5, 0.6) is 17.2 Å². The van der Waals surface area contributed by atoms with Gasteiger partial charge in [-0.15, -0.1) is 11.6 Å². The zero-order valence-corrected chi connectivity index (χ0v) is 51.7. The van der Waals surface area contributed by atoms with Crippen LogP contribution in [-0.2, 0) is 13.3 Å². The summed E-state index contributed by atoms with van der Waals surface area (Å²) in [6.45, 7) is 13.2. The molecule has 0 unspecified atom stereocenters. The lowest BCUT2D eigenvalue weighted by atomic mass is 10.0. The molecule has 3 saturated heterocycles. The normalized spacial score (nSPS) is 16.0. The second-order valence-electron chi connectivity index (χ2n) is 23.5. The summed E-state index contributed by atoms with van der Waals surface area (Å²) >= 11 is 12.3. The smallest absolute Gasteiger partial charge is 0.183 e. The number of alkyl halides is 1. The van der Waals surface area contributed by atoms with E-state index in [1.807, 2.05) is 85.4 Å². The van der Waals surface area contributed by atoms with Crippen molar-refractivity contribution >= 4 is 94.6 Å². The topological polar surface area (TPSA) is 212 Å². The summed E-state index contributed by atoms with van der Waals surface area (Å²) in [6.07, 6.45) is 22.3. The minimum Gasteiger partial charge on any atom is -0.487 e. The van der Waals surface area contributed by atoms with Crippen LogP contribution < -0.4 is 14.2 Å². The van der Waals surface area contributed by atoms with E-state index >= 15 is 0 Å². The quantitative estimate of drug-likeness (QED) is 0.0663. The molecule has 0 aliphatic carbocycles. The van der Waals surface area contributed by atoms with E-state index in [-0.39, 0.29) is 35.4 Å². The Labute approximate surface area is 535 Å². The molecule has 2 aromatic carbocycles. The zero-order chi connectivity index (χ0) is 62.1. The molecular formula is C71H63Cl2N15O3. The summed E-state index contributed by atoms with van der Waals surface area (Å²) in [6, 6.07) is 31.2. The van der Waals surface area contributed by atoms with Crippen LogP contribution in [0.25, 0.3) is 93.6 Å². The molecule has 454 valence electrons. The van der Waals surface area contributed by atoms with Gasteiger partial charge in [-0.2, -0.15) is 15.8 Å². The number of H-pyrrole nitrogens is 1. The van der Waals surface area contributed by atoms with Crippen molar-refractivity contribution in [2.24, 2.45) is 0 Å². The molecule has 91 heavy (non-hydrogen) atoms. The SMILES string of the molecule is C=C(/C=C\C=C/CCl)c1cnc2c(c1)c1c(OC3CCN(Cn4c5cnc(C#N)c(OC6CCN(CC)CC6)c5c5cc(-c6ccccc6)cnc54)CC3)c(C#N)ncc1n2CN1CCC(Oc2c(C#N)ncc3[nH]c4ncc(-c5cccc(Cl)c5)cc4c23)CC1. The van der Waals surface area contributed by atoms with E-state index in [4.69, 9.17) is 62.3 Å². The summed E-state index contributed by atoms with van der Waals surface area (Å²) in [5.41, 5.74) is 10.6. The summed E-state index contributed by atoms with van der Waals surface area (Å²) < 4.78 is 25.2. The van der Waals surface area contributed by atoms with Gasteiger partial charge in [-0.3, -0.25) is 9.80 Å². The fourth-order valence-corrected chi connectivity index (χ4v) is 13.5. The Bertz CT molecular complexity index is 4820. The molecule has 14 rings (SSSR count). The van der Waals surface area contributed by atoms with E-state index in [2.05, 4.69) is 95.8 Å². The molecule has 9 aromatic heterocycles. The van der Waals surface area contributed by atoms with Crippen molar-refractivity contribution in [3.05, 3.63) is 169 Å². The van der Waals surface area contributed by atoms with Crippen LogP contribution in [0, 0.1) is 34.0 Å². The lowest BCUT2D eigenvalue weighted by molar-refractivity contribution is 0.0854. The minimum absolute atomic E-state index is 0.0488. The molecule has 20 heteroatoms. The van der Waals surface area contributed by atoms with Crippen molar-refractivity contribution in [1.29, 1.82) is 15.8 Å². The van der Waals surface area contributed by atoms with Gasteiger partial charge in [0.2, 0.25) is 0 Å². The number of hydrogen-bond acceptors (Lipinski definition) is 15. The number of likely N-dealkylation sites (tertiary alicyclic amines) is 3. The molecule has 18 nitrogen and oxygen atoms in total. The highest BCUT2D eigenvalue weighted by molar-refractivity contribution is 6.31. The first-order valence-corrected chi connectivity index (χ1v) is 31.8. The van der Waals surface area contributed by atoms with E-state index in [1.165, 1.54) is 0 Å². The molecule has 0 bridgehead atoms. The van der Waals surface area contributed by atoms with Gasteiger partial charge in [0.15, 0.2) is 34.3 Å². The van der Waals surface area contributed by atoms with E-state index in [1.54, 1.807) is 18.6 Å².